The Morgan fingerprint density at radius 3 is 2.75 bits per heavy atom. The van der Waals surface area contributed by atoms with Crippen LogP contribution in [0.25, 0.3) is 0 Å². The predicted molar refractivity (Wildman–Crippen MR) is 84.1 cm³/mol. The molecule has 1 fully saturated rings. The highest BCUT2D eigenvalue weighted by atomic mass is 32.1. The van der Waals surface area contributed by atoms with Gasteiger partial charge in [0.1, 0.15) is 10.7 Å². The summed E-state index contributed by atoms with van der Waals surface area (Å²) in [6, 6.07) is 0. The van der Waals surface area contributed by atoms with Crippen molar-refractivity contribution in [3.8, 4) is 0 Å². The van der Waals surface area contributed by atoms with Crippen molar-refractivity contribution in [1.82, 2.24) is 10.3 Å². The molecule has 0 aromatic carbocycles. The average molecular weight is 296 g/mol. The van der Waals surface area contributed by atoms with E-state index in [1.807, 2.05) is 0 Å². The molecular weight excluding hydrogens is 272 g/mol. The van der Waals surface area contributed by atoms with Crippen molar-refractivity contribution in [2.45, 2.75) is 40.0 Å². The minimum atomic E-state index is -0.100. The van der Waals surface area contributed by atoms with Gasteiger partial charge in [0.25, 0.3) is 5.91 Å². The van der Waals surface area contributed by atoms with Gasteiger partial charge in [-0.15, -0.1) is 0 Å². The van der Waals surface area contributed by atoms with Crippen LogP contribution < -0.4 is 16.4 Å². The minimum Gasteiger partial charge on any atom is -0.382 e. The molecule has 0 radical (unpaired) electrons. The van der Waals surface area contributed by atoms with Crippen LogP contribution in [0.4, 0.5) is 10.9 Å². The molecule has 1 amide bonds. The van der Waals surface area contributed by atoms with Crippen LogP contribution in [0.15, 0.2) is 0 Å². The lowest BCUT2D eigenvalue weighted by Gasteiger charge is -2.19. The molecule has 0 aliphatic heterocycles. The Balaban J connectivity index is 1.94. The second kappa shape index (κ2) is 5.99. The van der Waals surface area contributed by atoms with Crippen LogP contribution >= 0.6 is 11.3 Å². The summed E-state index contributed by atoms with van der Waals surface area (Å²) in [4.78, 5) is 16.9. The first-order chi connectivity index (χ1) is 9.48. The van der Waals surface area contributed by atoms with E-state index in [2.05, 4.69) is 36.4 Å². The molecule has 1 aliphatic rings. The first-order valence-electron chi connectivity index (χ1n) is 7.27. The Labute approximate surface area is 124 Å². The largest absolute Gasteiger partial charge is 0.382 e. The third-order valence-electron chi connectivity index (χ3n) is 4.10. The molecule has 1 aliphatic carbocycles. The number of thiazole rings is 1. The number of nitrogens with two attached hydrogens (primary N) is 1. The van der Waals surface area contributed by atoms with Gasteiger partial charge in [-0.3, -0.25) is 4.79 Å². The van der Waals surface area contributed by atoms with Crippen LogP contribution in [0.3, 0.4) is 0 Å². The molecule has 0 bridgehead atoms. The standard InChI is InChI=1S/C14H24N4OS/c1-4-7-16-13-18-11(15)10(20-13)12(19)17-8-14(5-6-14)9(2)3/h9H,4-8,15H2,1-3H3,(H,16,18)(H,17,19). The number of hydrogen-bond donors (Lipinski definition) is 3. The van der Waals surface area contributed by atoms with Gasteiger partial charge in [-0.05, 0) is 30.6 Å². The van der Waals surface area contributed by atoms with E-state index >= 15 is 0 Å². The summed E-state index contributed by atoms with van der Waals surface area (Å²) in [6.45, 7) is 8.08. The maximum atomic E-state index is 12.2. The zero-order chi connectivity index (χ0) is 14.8. The summed E-state index contributed by atoms with van der Waals surface area (Å²) < 4.78 is 0. The average Bonchev–Trinajstić information content (AvgIpc) is 3.12. The molecular formula is C14H24N4OS. The minimum absolute atomic E-state index is 0.100. The van der Waals surface area contributed by atoms with E-state index in [0.29, 0.717) is 22.0 Å². The molecule has 5 nitrogen and oxygen atoms in total. The lowest BCUT2D eigenvalue weighted by molar-refractivity contribution is 0.0944. The van der Waals surface area contributed by atoms with Crippen molar-refractivity contribution in [1.29, 1.82) is 0 Å². The van der Waals surface area contributed by atoms with E-state index in [4.69, 9.17) is 5.73 Å². The van der Waals surface area contributed by atoms with Gasteiger partial charge in [0, 0.05) is 13.1 Å². The number of amides is 1. The summed E-state index contributed by atoms with van der Waals surface area (Å²) in [5, 5.41) is 6.90. The molecule has 4 N–H and O–H groups in total. The Morgan fingerprint density at radius 1 is 1.50 bits per heavy atom. The number of nitrogen functional groups attached to an aromatic ring is 1. The van der Waals surface area contributed by atoms with E-state index in [1.54, 1.807) is 0 Å². The second-order valence-electron chi connectivity index (χ2n) is 5.86. The molecule has 0 spiro atoms. The molecule has 0 saturated heterocycles. The van der Waals surface area contributed by atoms with Crippen LogP contribution in [0.5, 0.6) is 0 Å². The van der Waals surface area contributed by atoms with Gasteiger partial charge in [0.05, 0.1) is 0 Å². The van der Waals surface area contributed by atoms with Crippen LogP contribution in [0.1, 0.15) is 49.7 Å². The fourth-order valence-electron chi connectivity index (χ4n) is 2.26. The van der Waals surface area contributed by atoms with Gasteiger partial charge in [-0.25, -0.2) is 4.98 Å². The number of carbonyl (C=O) groups excluding carboxylic acids is 1. The molecule has 1 aromatic rings. The lowest BCUT2D eigenvalue weighted by atomic mass is 9.92. The van der Waals surface area contributed by atoms with Gasteiger partial charge in [-0.2, -0.15) is 0 Å². The molecule has 0 atom stereocenters. The molecule has 1 saturated carbocycles. The van der Waals surface area contributed by atoms with Crippen LogP contribution in [0.2, 0.25) is 0 Å². The number of carbonyl (C=O) groups is 1. The van der Waals surface area contributed by atoms with Gasteiger partial charge < -0.3 is 16.4 Å². The maximum absolute atomic E-state index is 12.2. The summed E-state index contributed by atoms with van der Waals surface area (Å²) in [7, 11) is 0. The topological polar surface area (TPSA) is 80.0 Å². The van der Waals surface area contributed by atoms with E-state index < -0.39 is 0 Å². The molecule has 2 rings (SSSR count). The molecule has 1 aromatic heterocycles. The third kappa shape index (κ3) is 3.23. The van der Waals surface area contributed by atoms with Crippen molar-refractivity contribution >= 4 is 28.2 Å². The van der Waals surface area contributed by atoms with Crippen LogP contribution in [0, 0.1) is 11.3 Å². The van der Waals surface area contributed by atoms with Gasteiger partial charge in [-0.1, -0.05) is 32.1 Å². The second-order valence-corrected chi connectivity index (χ2v) is 6.86. The van der Waals surface area contributed by atoms with E-state index in [-0.39, 0.29) is 5.91 Å². The van der Waals surface area contributed by atoms with Crippen molar-refractivity contribution < 1.29 is 4.79 Å². The monoisotopic (exact) mass is 296 g/mol. The first kappa shape index (κ1) is 15.1. The number of anilines is 2. The number of nitrogens with one attached hydrogen (secondary N) is 2. The van der Waals surface area contributed by atoms with Crippen molar-refractivity contribution in [2.24, 2.45) is 11.3 Å². The summed E-state index contributed by atoms with van der Waals surface area (Å²) >= 11 is 1.33. The zero-order valence-corrected chi connectivity index (χ0v) is 13.3. The highest BCUT2D eigenvalue weighted by molar-refractivity contribution is 7.18. The Kier molecular flexibility index (Phi) is 4.52. The smallest absolute Gasteiger partial charge is 0.265 e. The molecule has 20 heavy (non-hydrogen) atoms. The highest BCUT2D eigenvalue weighted by Gasteiger charge is 2.45. The predicted octanol–water partition coefficient (Wildman–Crippen LogP) is 2.71. The summed E-state index contributed by atoms with van der Waals surface area (Å²) in [5.41, 5.74) is 6.13. The number of nitrogens with zero attached hydrogens (tertiary/aromatic N) is 1. The van der Waals surface area contributed by atoms with Gasteiger partial charge in [0.15, 0.2) is 5.13 Å². The number of rotatable bonds is 7. The zero-order valence-electron chi connectivity index (χ0n) is 12.5. The quantitative estimate of drug-likeness (QED) is 0.722. The first-order valence-corrected chi connectivity index (χ1v) is 8.08. The van der Waals surface area contributed by atoms with E-state index in [1.165, 1.54) is 24.2 Å². The highest BCUT2D eigenvalue weighted by Crippen LogP contribution is 2.51. The van der Waals surface area contributed by atoms with Gasteiger partial charge in [0.2, 0.25) is 0 Å². The fourth-order valence-corrected chi connectivity index (χ4v) is 3.08. The molecule has 6 heteroatoms. The fraction of sp³-hybridized carbons (Fsp3) is 0.714. The van der Waals surface area contributed by atoms with E-state index in [9.17, 15) is 4.79 Å². The Morgan fingerprint density at radius 2 is 2.20 bits per heavy atom. The Bertz CT molecular complexity index is 480. The SMILES string of the molecule is CCCNc1nc(N)c(C(=O)NCC2(C(C)C)CC2)s1. The summed E-state index contributed by atoms with van der Waals surface area (Å²) in [6.07, 6.45) is 3.41. The maximum Gasteiger partial charge on any atom is 0.265 e. The van der Waals surface area contributed by atoms with Crippen molar-refractivity contribution in [2.75, 3.05) is 24.1 Å². The molecule has 1 heterocycles. The van der Waals surface area contributed by atoms with Crippen LogP contribution in [-0.2, 0) is 0 Å². The normalized spacial score (nSPS) is 16.2. The van der Waals surface area contributed by atoms with Crippen molar-refractivity contribution in [3.63, 3.8) is 0 Å². The van der Waals surface area contributed by atoms with E-state index in [0.717, 1.165) is 24.6 Å². The van der Waals surface area contributed by atoms with Crippen molar-refractivity contribution in [3.05, 3.63) is 4.88 Å². The lowest BCUT2D eigenvalue weighted by Crippen LogP contribution is -2.32. The number of hydrogen-bond acceptors (Lipinski definition) is 5. The Hall–Kier alpha value is -1.30. The third-order valence-corrected chi connectivity index (χ3v) is 5.13. The molecule has 0 unspecified atom stereocenters. The summed E-state index contributed by atoms with van der Waals surface area (Å²) in [5.74, 6) is 0.820. The van der Waals surface area contributed by atoms with Gasteiger partial charge >= 0.3 is 0 Å². The molecule has 112 valence electrons. The van der Waals surface area contributed by atoms with Crippen LogP contribution in [-0.4, -0.2) is 24.0 Å². The number of aromatic nitrogens is 1.